The Hall–Kier alpha value is -1.38. The predicted octanol–water partition coefficient (Wildman–Crippen LogP) is 4.14. The Morgan fingerprint density at radius 1 is 1.14 bits per heavy atom. The zero-order valence-corrected chi connectivity index (χ0v) is 13.0. The highest BCUT2D eigenvalue weighted by atomic mass is 19.1. The first-order valence-corrected chi connectivity index (χ1v) is 8.73. The molecule has 4 rings (SSSR count). The topological polar surface area (TPSA) is 20.3 Å². The quantitative estimate of drug-likeness (QED) is 0.800. The lowest BCUT2D eigenvalue weighted by atomic mass is 9.86. The van der Waals surface area contributed by atoms with Crippen molar-refractivity contribution in [2.24, 2.45) is 17.8 Å². The van der Waals surface area contributed by atoms with E-state index in [1.54, 1.807) is 12.1 Å². The van der Waals surface area contributed by atoms with Crippen molar-refractivity contribution in [3.63, 3.8) is 0 Å². The molecule has 3 heteroatoms. The van der Waals surface area contributed by atoms with Crippen molar-refractivity contribution in [3.8, 4) is 0 Å². The molecule has 0 N–H and O–H groups in total. The van der Waals surface area contributed by atoms with E-state index in [0.29, 0.717) is 30.5 Å². The fourth-order valence-electron chi connectivity index (χ4n) is 4.59. The molecule has 1 aromatic carbocycles. The highest BCUT2D eigenvalue weighted by Gasteiger charge is 2.42. The number of fused-ring (bicyclic) bond motifs is 2. The monoisotopic (exact) mass is 301 g/mol. The van der Waals surface area contributed by atoms with Crippen molar-refractivity contribution in [2.75, 3.05) is 0 Å². The number of rotatable bonds is 5. The van der Waals surface area contributed by atoms with Crippen molar-refractivity contribution in [1.29, 1.82) is 0 Å². The van der Waals surface area contributed by atoms with Gasteiger partial charge in [-0.25, -0.2) is 4.39 Å². The van der Waals surface area contributed by atoms with Crippen LogP contribution < -0.4 is 0 Å². The second kappa shape index (κ2) is 5.68. The normalized spacial score (nSPS) is 29.8. The number of halogens is 1. The van der Waals surface area contributed by atoms with Gasteiger partial charge >= 0.3 is 0 Å². The van der Waals surface area contributed by atoms with Crippen LogP contribution in [-0.4, -0.2) is 16.8 Å². The number of nitrogens with zero attached hydrogens (tertiary/aromatic N) is 1. The van der Waals surface area contributed by atoms with E-state index < -0.39 is 0 Å². The van der Waals surface area contributed by atoms with E-state index in [-0.39, 0.29) is 11.7 Å². The maximum absolute atomic E-state index is 13.9. The molecule has 0 aliphatic heterocycles. The second-order valence-corrected chi connectivity index (χ2v) is 7.48. The summed E-state index contributed by atoms with van der Waals surface area (Å²) in [6.45, 7) is 0.441. The Morgan fingerprint density at radius 2 is 1.95 bits per heavy atom. The molecule has 3 aliphatic rings. The van der Waals surface area contributed by atoms with Crippen molar-refractivity contribution >= 4 is 5.91 Å². The van der Waals surface area contributed by atoms with E-state index in [0.717, 1.165) is 24.7 Å². The Bertz CT molecular complexity index is 568. The molecule has 0 radical (unpaired) electrons. The summed E-state index contributed by atoms with van der Waals surface area (Å²) in [7, 11) is 0. The first-order valence-electron chi connectivity index (χ1n) is 8.73. The highest BCUT2D eigenvalue weighted by Crippen LogP contribution is 2.49. The fourth-order valence-corrected chi connectivity index (χ4v) is 4.59. The van der Waals surface area contributed by atoms with Gasteiger partial charge in [0.05, 0.1) is 0 Å². The third kappa shape index (κ3) is 2.78. The molecular formula is C19H24FNO. The minimum atomic E-state index is -0.194. The molecular weight excluding hydrogens is 277 g/mol. The molecule has 3 saturated carbocycles. The summed E-state index contributed by atoms with van der Waals surface area (Å²) >= 11 is 0. The maximum atomic E-state index is 13.9. The molecule has 118 valence electrons. The van der Waals surface area contributed by atoms with Gasteiger partial charge in [0.1, 0.15) is 5.82 Å². The number of hydrogen-bond donors (Lipinski definition) is 0. The Balaban J connectivity index is 1.43. The summed E-state index contributed by atoms with van der Waals surface area (Å²) < 4.78 is 13.9. The molecule has 0 saturated heterocycles. The molecule has 3 aliphatic carbocycles. The van der Waals surface area contributed by atoms with Gasteiger partial charge in [-0.2, -0.15) is 0 Å². The van der Waals surface area contributed by atoms with E-state index in [9.17, 15) is 9.18 Å². The average Bonchev–Trinajstić information content (AvgIpc) is 3.14. The van der Waals surface area contributed by atoms with E-state index in [1.807, 2.05) is 11.0 Å². The summed E-state index contributed by atoms with van der Waals surface area (Å²) in [5, 5.41) is 0. The predicted molar refractivity (Wildman–Crippen MR) is 83.5 cm³/mol. The van der Waals surface area contributed by atoms with Gasteiger partial charge < -0.3 is 4.90 Å². The fraction of sp³-hybridized carbons (Fsp3) is 0.632. The number of carbonyl (C=O) groups is 1. The molecule has 2 bridgehead atoms. The highest BCUT2D eigenvalue weighted by molar-refractivity contribution is 5.77. The summed E-state index contributed by atoms with van der Waals surface area (Å²) in [5.74, 6) is 2.31. The first-order chi connectivity index (χ1) is 10.7. The average molecular weight is 301 g/mol. The molecule has 2 nitrogen and oxygen atoms in total. The molecule has 3 unspecified atom stereocenters. The van der Waals surface area contributed by atoms with E-state index >= 15 is 0 Å². The lowest BCUT2D eigenvalue weighted by molar-refractivity contribution is -0.133. The molecule has 1 aromatic rings. The molecule has 0 aromatic heterocycles. The van der Waals surface area contributed by atoms with Crippen molar-refractivity contribution in [2.45, 2.75) is 57.5 Å². The third-order valence-electron chi connectivity index (χ3n) is 5.93. The Labute approximate surface area is 131 Å². The first kappa shape index (κ1) is 14.2. The van der Waals surface area contributed by atoms with Gasteiger partial charge in [-0.05, 0) is 55.9 Å². The minimum Gasteiger partial charge on any atom is -0.335 e. The van der Waals surface area contributed by atoms with Crippen LogP contribution in [0.25, 0.3) is 0 Å². The molecule has 3 fully saturated rings. The van der Waals surface area contributed by atoms with Crippen LogP contribution in [0.4, 0.5) is 4.39 Å². The van der Waals surface area contributed by atoms with Crippen molar-refractivity contribution in [3.05, 3.63) is 35.6 Å². The van der Waals surface area contributed by atoms with Crippen LogP contribution in [0.3, 0.4) is 0 Å². The largest absolute Gasteiger partial charge is 0.335 e. The summed E-state index contributed by atoms with van der Waals surface area (Å²) in [6.07, 6.45) is 8.12. The lowest BCUT2D eigenvalue weighted by Crippen LogP contribution is -2.34. The van der Waals surface area contributed by atoms with Crippen molar-refractivity contribution < 1.29 is 9.18 Å². The molecule has 1 amide bonds. The molecule has 22 heavy (non-hydrogen) atoms. The number of carbonyl (C=O) groups excluding carboxylic acids is 1. The van der Waals surface area contributed by atoms with E-state index in [2.05, 4.69) is 0 Å². The van der Waals surface area contributed by atoms with Crippen LogP contribution in [0, 0.1) is 23.6 Å². The van der Waals surface area contributed by atoms with E-state index in [1.165, 1.54) is 31.7 Å². The summed E-state index contributed by atoms with van der Waals surface area (Å²) in [5.41, 5.74) is 0.649. The van der Waals surface area contributed by atoms with Crippen LogP contribution in [0.15, 0.2) is 24.3 Å². The van der Waals surface area contributed by atoms with Gasteiger partial charge in [0.15, 0.2) is 0 Å². The van der Waals surface area contributed by atoms with Crippen LogP contribution in [0.5, 0.6) is 0 Å². The second-order valence-electron chi connectivity index (χ2n) is 7.48. The SMILES string of the molecule is O=C(CC1CC2CCC1C2)N(Cc1ccccc1F)C1CC1. The summed E-state index contributed by atoms with van der Waals surface area (Å²) in [6, 6.07) is 7.20. The van der Waals surface area contributed by atoms with Crippen LogP contribution in [-0.2, 0) is 11.3 Å². The third-order valence-corrected chi connectivity index (χ3v) is 5.93. The van der Waals surface area contributed by atoms with Crippen LogP contribution in [0.1, 0.15) is 50.5 Å². The standard InChI is InChI=1S/C19H24FNO/c20-18-4-2-1-3-15(18)12-21(17-7-8-17)19(22)11-16-10-13-5-6-14(16)9-13/h1-4,13-14,16-17H,5-12H2. The molecule has 0 spiro atoms. The minimum absolute atomic E-state index is 0.194. The number of hydrogen-bond acceptors (Lipinski definition) is 1. The maximum Gasteiger partial charge on any atom is 0.223 e. The number of amides is 1. The lowest BCUT2D eigenvalue weighted by Gasteiger charge is -2.27. The van der Waals surface area contributed by atoms with Crippen LogP contribution in [0.2, 0.25) is 0 Å². The van der Waals surface area contributed by atoms with Gasteiger partial charge in [0, 0.05) is 24.6 Å². The van der Waals surface area contributed by atoms with Gasteiger partial charge in [-0.3, -0.25) is 4.79 Å². The Morgan fingerprint density at radius 3 is 2.59 bits per heavy atom. The Kier molecular flexibility index (Phi) is 3.67. The molecule has 3 atom stereocenters. The summed E-state index contributed by atoms with van der Waals surface area (Å²) in [4.78, 5) is 14.7. The zero-order valence-electron chi connectivity index (χ0n) is 13.0. The van der Waals surface area contributed by atoms with Gasteiger partial charge in [0.2, 0.25) is 5.91 Å². The zero-order chi connectivity index (χ0) is 15.1. The smallest absolute Gasteiger partial charge is 0.223 e. The van der Waals surface area contributed by atoms with Gasteiger partial charge in [0.25, 0.3) is 0 Å². The molecule has 0 heterocycles. The van der Waals surface area contributed by atoms with Crippen LogP contribution >= 0.6 is 0 Å². The number of benzene rings is 1. The van der Waals surface area contributed by atoms with E-state index in [4.69, 9.17) is 0 Å². The van der Waals surface area contributed by atoms with Gasteiger partial charge in [-0.1, -0.05) is 24.6 Å². The van der Waals surface area contributed by atoms with Crippen molar-refractivity contribution in [1.82, 2.24) is 4.90 Å². The van der Waals surface area contributed by atoms with Gasteiger partial charge in [-0.15, -0.1) is 0 Å².